The fraction of sp³-hybridized carbons (Fsp3) is 1.00. The van der Waals surface area contributed by atoms with Crippen LogP contribution in [-0.4, -0.2) is 25.8 Å². The first kappa shape index (κ1) is 9.96. The maximum absolute atomic E-state index is 5.52. The summed E-state index contributed by atoms with van der Waals surface area (Å²) in [6.45, 7) is 5.38. The van der Waals surface area contributed by atoms with E-state index in [0.717, 1.165) is 19.3 Å². The van der Waals surface area contributed by atoms with Crippen LogP contribution in [0.5, 0.6) is 0 Å². The molecular formula is C9H18O3. The number of hydrogen-bond acceptors (Lipinski definition) is 3. The highest BCUT2D eigenvalue weighted by Gasteiger charge is 2.22. The average molecular weight is 174 g/mol. The molecule has 1 fully saturated rings. The standard InChI is InChI=1S/C9H18O3/c1-3-10-8-6-5-7-9(12-8)11-4-2/h8-9H,3-7H2,1-2H3/t8-,9-/m1/s1. The molecule has 1 saturated heterocycles. The van der Waals surface area contributed by atoms with Crippen molar-refractivity contribution in [2.75, 3.05) is 13.2 Å². The first-order valence-corrected chi connectivity index (χ1v) is 4.75. The van der Waals surface area contributed by atoms with Crippen molar-refractivity contribution in [2.45, 2.75) is 45.7 Å². The summed E-state index contributed by atoms with van der Waals surface area (Å²) in [4.78, 5) is 0. The van der Waals surface area contributed by atoms with Crippen molar-refractivity contribution in [1.29, 1.82) is 0 Å². The van der Waals surface area contributed by atoms with Crippen molar-refractivity contribution in [1.82, 2.24) is 0 Å². The molecule has 1 rings (SSSR count). The monoisotopic (exact) mass is 174 g/mol. The molecule has 3 heteroatoms. The van der Waals surface area contributed by atoms with Gasteiger partial charge in [-0.25, -0.2) is 0 Å². The van der Waals surface area contributed by atoms with Gasteiger partial charge in [0.2, 0.25) is 0 Å². The zero-order valence-corrected chi connectivity index (χ0v) is 7.91. The van der Waals surface area contributed by atoms with Crippen LogP contribution in [0.2, 0.25) is 0 Å². The summed E-state index contributed by atoms with van der Waals surface area (Å²) in [7, 11) is 0. The van der Waals surface area contributed by atoms with E-state index in [1.54, 1.807) is 0 Å². The quantitative estimate of drug-likeness (QED) is 0.651. The Morgan fingerprint density at radius 3 is 2.00 bits per heavy atom. The highest BCUT2D eigenvalue weighted by Crippen LogP contribution is 2.20. The van der Waals surface area contributed by atoms with Gasteiger partial charge in [0.25, 0.3) is 0 Å². The van der Waals surface area contributed by atoms with E-state index in [9.17, 15) is 0 Å². The Kier molecular flexibility index (Phi) is 4.58. The Balaban J connectivity index is 2.20. The van der Waals surface area contributed by atoms with Gasteiger partial charge >= 0.3 is 0 Å². The third-order valence-electron chi connectivity index (χ3n) is 1.89. The Labute approximate surface area is 74.0 Å². The second-order valence-corrected chi connectivity index (χ2v) is 2.84. The van der Waals surface area contributed by atoms with E-state index in [4.69, 9.17) is 14.2 Å². The minimum Gasteiger partial charge on any atom is -0.353 e. The van der Waals surface area contributed by atoms with Crippen molar-refractivity contribution >= 4 is 0 Å². The maximum Gasteiger partial charge on any atom is 0.160 e. The summed E-state index contributed by atoms with van der Waals surface area (Å²) in [5.41, 5.74) is 0. The van der Waals surface area contributed by atoms with E-state index in [1.165, 1.54) is 0 Å². The van der Waals surface area contributed by atoms with Crippen LogP contribution in [0.4, 0.5) is 0 Å². The van der Waals surface area contributed by atoms with Crippen LogP contribution in [0.15, 0.2) is 0 Å². The molecule has 0 saturated carbocycles. The normalized spacial score (nSPS) is 30.5. The van der Waals surface area contributed by atoms with E-state index in [-0.39, 0.29) is 12.6 Å². The van der Waals surface area contributed by atoms with Crippen LogP contribution in [0, 0.1) is 0 Å². The van der Waals surface area contributed by atoms with Crippen molar-refractivity contribution in [3.63, 3.8) is 0 Å². The molecule has 0 unspecified atom stereocenters. The van der Waals surface area contributed by atoms with Crippen molar-refractivity contribution < 1.29 is 14.2 Å². The lowest BCUT2D eigenvalue weighted by Gasteiger charge is -2.29. The summed E-state index contributed by atoms with van der Waals surface area (Å²) in [6, 6.07) is 0. The molecule has 0 aromatic rings. The van der Waals surface area contributed by atoms with Crippen LogP contribution in [0.25, 0.3) is 0 Å². The maximum atomic E-state index is 5.52. The second-order valence-electron chi connectivity index (χ2n) is 2.84. The van der Waals surface area contributed by atoms with Gasteiger partial charge < -0.3 is 14.2 Å². The van der Waals surface area contributed by atoms with Gasteiger partial charge in [0.15, 0.2) is 12.6 Å². The Bertz CT molecular complexity index is 100. The minimum atomic E-state index is -0.0414. The zero-order valence-electron chi connectivity index (χ0n) is 7.91. The van der Waals surface area contributed by atoms with Gasteiger partial charge in [-0.1, -0.05) is 0 Å². The third-order valence-corrected chi connectivity index (χ3v) is 1.89. The van der Waals surface area contributed by atoms with Crippen LogP contribution >= 0.6 is 0 Å². The van der Waals surface area contributed by atoms with Crippen LogP contribution in [0.3, 0.4) is 0 Å². The first-order valence-electron chi connectivity index (χ1n) is 4.75. The predicted molar refractivity (Wildman–Crippen MR) is 45.8 cm³/mol. The van der Waals surface area contributed by atoms with Crippen molar-refractivity contribution in [3.8, 4) is 0 Å². The lowest BCUT2D eigenvalue weighted by molar-refractivity contribution is -0.264. The molecule has 72 valence electrons. The molecule has 0 N–H and O–H groups in total. The Morgan fingerprint density at radius 1 is 1.08 bits per heavy atom. The third kappa shape index (κ3) is 3.09. The molecule has 0 amide bonds. The predicted octanol–water partition coefficient (Wildman–Crippen LogP) is 1.91. The van der Waals surface area contributed by atoms with Gasteiger partial charge in [0.1, 0.15) is 0 Å². The molecular weight excluding hydrogens is 156 g/mol. The van der Waals surface area contributed by atoms with Crippen LogP contribution in [0.1, 0.15) is 33.1 Å². The molecule has 0 bridgehead atoms. The lowest BCUT2D eigenvalue weighted by atomic mass is 10.2. The second kappa shape index (κ2) is 5.51. The SMILES string of the molecule is CCO[C@H]1CCC[C@H](OCC)O1. The number of ether oxygens (including phenoxy) is 3. The molecule has 0 aliphatic carbocycles. The summed E-state index contributed by atoms with van der Waals surface area (Å²) < 4.78 is 16.2. The molecule has 1 aliphatic heterocycles. The molecule has 1 heterocycles. The van der Waals surface area contributed by atoms with Crippen molar-refractivity contribution in [2.24, 2.45) is 0 Å². The van der Waals surface area contributed by atoms with E-state index in [1.807, 2.05) is 13.8 Å². The fourth-order valence-electron chi connectivity index (χ4n) is 1.37. The van der Waals surface area contributed by atoms with Gasteiger partial charge in [-0.15, -0.1) is 0 Å². The van der Waals surface area contributed by atoms with E-state index in [0.29, 0.717) is 13.2 Å². The van der Waals surface area contributed by atoms with Gasteiger partial charge in [0.05, 0.1) is 0 Å². The molecule has 0 aromatic carbocycles. The summed E-state index contributed by atoms with van der Waals surface area (Å²) in [5.74, 6) is 0. The molecule has 2 atom stereocenters. The minimum absolute atomic E-state index is 0.0414. The highest BCUT2D eigenvalue weighted by atomic mass is 16.8. The Morgan fingerprint density at radius 2 is 1.58 bits per heavy atom. The molecule has 12 heavy (non-hydrogen) atoms. The van der Waals surface area contributed by atoms with E-state index in [2.05, 4.69) is 0 Å². The summed E-state index contributed by atoms with van der Waals surface area (Å²) in [6.07, 6.45) is 3.05. The number of hydrogen-bond donors (Lipinski definition) is 0. The highest BCUT2D eigenvalue weighted by molar-refractivity contribution is 4.58. The van der Waals surface area contributed by atoms with E-state index >= 15 is 0 Å². The average Bonchev–Trinajstić information content (AvgIpc) is 2.06. The van der Waals surface area contributed by atoms with Gasteiger partial charge in [-0.2, -0.15) is 0 Å². The first-order chi connectivity index (χ1) is 5.86. The van der Waals surface area contributed by atoms with Crippen LogP contribution in [-0.2, 0) is 14.2 Å². The zero-order chi connectivity index (χ0) is 8.81. The number of rotatable bonds is 4. The summed E-state index contributed by atoms with van der Waals surface area (Å²) >= 11 is 0. The van der Waals surface area contributed by atoms with Crippen LogP contribution < -0.4 is 0 Å². The Hall–Kier alpha value is -0.120. The smallest absolute Gasteiger partial charge is 0.160 e. The molecule has 0 aromatic heterocycles. The molecule has 0 spiro atoms. The molecule has 0 radical (unpaired) electrons. The lowest BCUT2D eigenvalue weighted by Crippen LogP contribution is -2.31. The molecule has 3 nitrogen and oxygen atoms in total. The summed E-state index contributed by atoms with van der Waals surface area (Å²) in [5, 5.41) is 0. The van der Waals surface area contributed by atoms with Crippen molar-refractivity contribution in [3.05, 3.63) is 0 Å². The largest absolute Gasteiger partial charge is 0.353 e. The van der Waals surface area contributed by atoms with Gasteiger partial charge in [-0.05, 0) is 33.1 Å². The van der Waals surface area contributed by atoms with E-state index < -0.39 is 0 Å². The van der Waals surface area contributed by atoms with Gasteiger partial charge in [0, 0.05) is 13.2 Å². The van der Waals surface area contributed by atoms with Gasteiger partial charge in [-0.3, -0.25) is 0 Å². The fourth-order valence-corrected chi connectivity index (χ4v) is 1.37. The molecule has 1 aliphatic rings. The topological polar surface area (TPSA) is 27.7 Å².